The first-order valence-electron chi connectivity index (χ1n) is 5.64. The lowest BCUT2D eigenvalue weighted by molar-refractivity contribution is -0.125. The van der Waals surface area contributed by atoms with Gasteiger partial charge in [0.05, 0.1) is 11.0 Å². The van der Waals surface area contributed by atoms with Crippen LogP contribution in [0.15, 0.2) is 18.2 Å². The molecule has 1 aromatic carbocycles. The molecule has 1 atom stereocenters. The topological polar surface area (TPSA) is 93.0 Å². The van der Waals surface area contributed by atoms with Crippen LogP contribution in [0.4, 0.5) is 5.69 Å². The number of nitrogens with zero attached hydrogens (tertiary/aromatic N) is 1. The lowest BCUT2D eigenvalue weighted by Crippen LogP contribution is -2.35. The number of aromatic amines is 1. The summed E-state index contributed by atoms with van der Waals surface area (Å²) in [4.78, 5) is 19.2. The highest BCUT2D eigenvalue weighted by Crippen LogP contribution is 2.17. The van der Waals surface area contributed by atoms with Crippen LogP contribution >= 0.6 is 24.8 Å². The van der Waals surface area contributed by atoms with Crippen molar-refractivity contribution < 1.29 is 9.53 Å². The molecule has 0 saturated carbocycles. The van der Waals surface area contributed by atoms with Crippen LogP contribution in [0.2, 0.25) is 0 Å². The Labute approximate surface area is 129 Å². The maximum atomic E-state index is 11.8. The highest BCUT2D eigenvalue weighted by Gasteiger charge is 2.15. The first-order valence-corrected chi connectivity index (χ1v) is 5.64. The van der Waals surface area contributed by atoms with Gasteiger partial charge in [-0.3, -0.25) is 4.79 Å². The van der Waals surface area contributed by atoms with Crippen molar-refractivity contribution in [1.82, 2.24) is 9.97 Å². The Morgan fingerprint density at radius 1 is 1.50 bits per heavy atom. The first kappa shape index (κ1) is 18.7. The van der Waals surface area contributed by atoms with E-state index in [1.54, 1.807) is 6.07 Å². The van der Waals surface area contributed by atoms with Gasteiger partial charge < -0.3 is 20.8 Å². The van der Waals surface area contributed by atoms with Crippen molar-refractivity contribution in [3.63, 3.8) is 0 Å². The molecule has 0 radical (unpaired) electrons. The van der Waals surface area contributed by atoms with E-state index in [1.165, 1.54) is 7.11 Å². The van der Waals surface area contributed by atoms with Gasteiger partial charge in [-0.05, 0) is 25.1 Å². The van der Waals surface area contributed by atoms with E-state index in [2.05, 4.69) is 15.3 Å². The number of rotatable bonds is 4. The third-order valence-corrected chi connectivity index (χ3v) is 2.66. The van der Waals surface area contributed by atoms with Gasteiger partial charge in [-0.1, -0.05) is 0 Å². The van der Waals surface area contributed by atoms with E-state index < -0.39 is 6.10 Å². The van der Waals surface area contributed by atoms with Crippen molar-refractivity contribution in [2.75, 3.05) is 19.0 Å². The molecule has 0 spiro atoms. The van der Waals surface area contributed by atoms with Crippen molar-refractivity contribution in [2.24, 2.45) is 5.73 Å². The third kappa shape index (κ3) is 4.08. The molecule has 0 aliphatic carbocycles. The van der Waals surface area contributed by atoms with E-state index in [1.807, 2.05) is 19.1 Å². The number of halogens is 2. The second-order valence-corrected chi connectivity index (χ2v) is 4.00. The lowest BCUT2D eigenvalue weighted by atomic mass is 10.2. The zero-order chi connectivity index (χ0) is 13.1. The molecule has 6 nitrogen and oxygen atoms in total. The zero-order valence-electron chi connectivity index (χ0n) is 11.2. The number of imidazole rings is 1. The minimum Gasteiger partial charge on any atom is -0.370 e. The highest BCUT2D eigenvalue weighted by molar-refractivity contribution is 5.96. The number of nitrogens with two attached hydrogens (primary N) is 1. The maximum absolute atomic E-state index is 11.8. The molecule has 112 valence electrons. The standard InChI is InChI=1S/C12H16N4O2.2ClH/c1-7-14-9-4-3-8(5-10(9)15-7)16-12(17)11(6-13)18-2;;/h3-5,11H,6,13H2,1-2H3,(H,14,15)(H,16,17);2*1H. The summed E-state index contributed by atoms with van der Waals surface area (Å²) in [6.07, 6.45) is -0.635. The van der Waals surface area contributed by atoms with Crippen LogP contribution in [-0.2, 0) is 9.53 Å². The molecule has 2 aromatic rings. The second kappa shape index (κ2) is 8.06. The number of aryl methyl sites for hydroxylation is 1. The smallest absolute Gasteiger partial charge is 0.254 e. The molecule has 0 aliphatic rings. The quantitative estimate of drug-likeness (QED) is 0.798. The van der Waals surface area contributed by atoms with Crippen LogP contribution in [0.25, 0.3) is 11.0 Å². The van der Waals surface area contributed by atoms with Gasteiger partial charge in [0, 0.05) is 19.3 Å². The lowest BCUT2D eigenvalue weighted by Gasteiger charge is -2.12. The molecule has 1 heterocycles. The molecular formula is C12H18Cl2N4O2. The SMILES string of the molecule is COC(CN)C(=O)Nc1ccc2nc(C)[nH]c2c1.Cl.Cl. The Balaban J connectivity index is 0.00000180. The fourth-order valence-corrected chi connectivity index (χ4v) is 1.75. The number of benzene rings is 1. The van der Waals surface area contributed by atoms with Crippen LogP contribution in [-0.4, -0.2) is 35.6 Å². The number of methoxy groups -OCH3 is 1. The summed E-state index contributed by atoms with van der Waals surface area (Å²) in [5.74, 6) is 0.584. The summed E-state index contributed by atoms with van der Waals surface area (Å²) in [6.45, 7) is 2.03. The van der Waals surface area contributed by atoms with Gasteiger partial charge >= 0.3 is 0 Å². The van der Waals surface area contributed by atoms with Gasteiger partial charge in [-0.25, -0.2) is 4.98 Å². The van der Waals surface area contributed by atoms with E-state index in [0.29, 0.717) is 5.69 Å². The second-order valence-electron chi connectivity index (χ2n) is 4.00. The molecule has 1 amide bonds. The Hall–Kier alpha value is -1.34. The van der Waals surface area contributed by atoms with Crippen LogP contribution < -0.4 is 11.1 Å². The number of aromatic nitrogens is 2. The molecule has 20 heavy (non-hydrogen) atoms. The number of hydrogen-bond donors (Lipinski definition) is 3. The van der Waals surface area contributed by atoms with Crippen LogP contribution in [0.3, 0.4) is 0 Å². The number of nitrogens with one attached hydrogen (secondary N) is 2. The molecular weight excluding hydrogens is 303 g/mol. The average Bonchev–Trinajstić information content (AvgIpc) is 2.70. The number of amides is 1. The molecule has 0 fully saturated rings. The van der Waals surface area contributed by atoms with E-state index in [-0.39, 0.29) is 37.3 Å². The summed E-state index contributed by atoms with van der Waals surface area (Å²) < 4.78 is 4.97. The minimum atomic E-state index is -0.635. The molecule has 1 aromatic heterocycles. The average molecular weight is 321 g/mol. The van der Waals surface area contributed by atoms with Gasteiger partial charge in [-0.2, -0.15) is 0 Å². The van der Waals surface area contributed by atoms with E-state index in [9.17, 15) is 4.79 Å². The maximum Gasteiger partial charge on any atom is 0.254 e. The predicted octanol–water partition coefficient (Wildman–Crippen LogP) is 1.63. The summed E-state index contributed by atoms with van der Waals surface area (Å²) in [7, 11) is 1.46. The molecule has 1 unspecified atom stereocenters. The number of ether oxygens (including phenoxy) is 1. The molecule has 2 rings (SSSR count). The van der Waals surface area contributed by atoms with Gasteiger partial charge in [-0.15, -0.1) is 24.8 Å². The highest BCUT2D eigenvalue weighted by atomic mass is 35.5. The minimum absolute atomic E-state index is 0. The van der Waals surface area contributed by atoms with Crippen LogP contribution in [0.1, 0.15) is 5.82 Å². The van der Waals surface area contributed by atoms with Crippen molar-refractivity contribution in [2.45, 2.75) is 13.0 Å². The van der Waals surface area contributed by atoms with Gasteiger partial charge in [0.25, 0.3) is 5.91 Å². The summed E-state index contributed by atoms with van der Waals surface area (Å²) >= 11 is 0. The van der Waals surface area contributed by atoms with Crippen LogP contribution in [0.5, 0.6) is 0 Å². The van der Waals surface area contributed by atoms with Gasteiger partial charge in [0.2, 0.25) is 0 Å². The number of fused-ring (bicyclic) bond motifs is 1. The van der Waals surface area contributed by atoms with Crippen LogP contribution in [0, 0.1) is 6.92 Å². The molecule has 8 heteroatoms. The molecule has 4 N–H and O–H groups in total. The molecule has 0 bridgehead atoms. The summed E-state index contributed by atoms with van der Waals surface area (Å²) in [6, 6.07) is 5.47. The first-order chi connectivity index (χ1) is 8.63. The van der Waals surface area contributed by atoms with Crippen molar-refractivity contribution >= 4 is 47.4 Å². The van der Waals surface area contributed by atoms with Crippen molar-refractivity contribution in [1.29, 1.82) is 0 Å². The van der Waals surface area contributed by atoms with Crippen molar-refractivity contribution in [3.8, 4) is 0 Å². The number of carbonyl (C=O) groups is 1. The normalized spacial score (nSPS) is 11.3. The monoisotopic (exact) mass is 320 g/mol. The molecule has 0 saturated heterocycles. The number of carbonyl (C=O) groups excluding carboxylic acids is 1. The number of hydrogen-bond acceptors (Lipinski definition) is 4. The summed E-state index contributed by atoms with van der Waals surface area (Å²) in [5, 5.41) is 2.75. The summed E-state index contributed by atoms with van der Waals surface area (Å²) in [5.41, 5.74) is 7.87. The Bertz CT molecular complexity index is 570. The Morgan fingerprint density at radius 3 is 2.80 bits per heavy atom. The predicted molar refractivity (Wildman–Crippen MR) is 83.8 cm³/mol. The number of H-pyrrole nitrogens is 1. The fourth-order valence-electron chi connectivity index (χ4n) is 1.75. The zero-order valence-corrected chi connectivity index (χ0v) is 12.8. The Kier molecular flexibility index (Phi) is 7.52. The van der Waals surface area contributed by atoms with Gasteiger partial charge in [0.1, 0.15) is 11.9 Å². The van der Waals surface area contributed by atoms with E-state index in [4.69, 9.17) is 10.5 Å². The fraction of sp³-hybridized carbons (Fsp3) is 0.333. The van der Waals surface area contributed by atoms with Crippen molar-refractivity contribution in [3.05, 3.63) is 24.0 Å². The molecule has 0 aliphatic heterocycles. The largest absolute Gasteiger partial charge is 0.370 e. The number of anilines is 1. The van der Waals surface area contributed by atoms with Gasteiger partial charge in [0.15, 0.2) is 0 Å². The third-order valence-electron chi connectivity index (χ3n) is 2.66. The Morgan fingerprint density at radius 2 is 2.20 bits per heavy atom. The van der Waals surface area contributed by atoms with E-state index in [0.717, 1.165) is 16.9 Å². The van der Waals surface area contributed by atoms with E-state index >= 15 is 0 Å².